The minimum absolute atomic E-state index is 0.00158. The van der Waals surface area contributed by atoms with Crippen LogP contribution in [0.15, 0.2) is 0 Å². The van der Waals surface area contributed by atoms with E-state index in [0.717, 1.165) is 31.1 Å². The van der Waals surface area contributed by atoms with Gasteiger partial charge in [-0.3, -0.25) is 4.79 Å². The van der Waals surface area contributed by atoms with Gasteiger partial charge < -0.3 is 15.5 Å². The molecule has 6 heteroatoms. The van der Waals surface area contributed by atoms with E-state index >= 15 is 0 Å². The van der Waals surface area contributed by atoms with Crippen LogP contribution in [0.3, 0.4) is 0 Å². The number of aromatic nitrogens is 1. The summed E-state index contributed by atoms with van der Waals surface area (Å²) in [7, 11) is 1.95. The van der Waals surface area contributed by atoms with Crippen molar-refractivity contribution in [3.63, 3.8) is 0 Å². The number of hydrogen-bond acceptors (Lipinski definition) is 5. The van der Waals surface area contributed by atoms with E-state index in [4.69, 9.17) is 5.73 Å². The smallest absolute Gasteiger partial charge is 0.267 e. The number of rotatable bonds is 7. The zero-order valence-electron chi connectivity index (χ0n) is 12.3. The van der Waals surface area contributed by atoms with Crippen molar-refractivity contribution < 1.29 is 4.79 Å². The number of nitrogens with two attached hydrogens (primary N) is 1. The molecule has 1 rings (SSSR count). The second kappa shape index (κ2) is 7.33. The molecule has 5 nitrogen and oxygen atoms in total. The van der Waals surface area contributed by atoms with E-state index in [1.807, 2.05) is 30.7 Å². The number of nitrogens with zero attached hydrogens (tertiary/aromatic N) is 3. The zero-order valence-corrected chi connectivity index (χ0v) is 13.1. The van der Waals surface area contributed by atoms with Crippen LogP contribution in [0.4, 0.5) is 10.9 Å². The van der Waals surface area contributed by atoms with Crippen LogP contribution in [0.1, 0.15) is 43.3 Å². The lowest BCUT2D eigenvalue weighted by Crippen LogP contribution is -2.31. The summed E-state index contributed by atoms with van der Waals surface area (Å²) in [5.74, 6) is 0.349. The summed E-state index contributed by atoms with van der Waals surface area (Å²) in [5, 5.41) is 0.801. The van der Waals surface area contributed by atoms with Crippen LogP contribution in [-0.4, -0.2) is 42.5 Å². The highest BCUT2D eigenvalue weighted by Gasteiger charge is 2.21. The second-order valence-corrected chi connectivity index (χ2v) is 5.44. The Morgan fingerprint density at radius 2 is 2.00 bits per heavy atom. The predicted molar refractivity (Wildman–Crippen MR) is 82.0 cm³/mol. The molecule has 0 aliphatic carbocycles. The lowest BCUT2D eigenvalue weighted by molar-refractivity contribution is 0.0768. The molecule has 0 atom stereocenters. The van der Waals surface area contributed by atoms with Crippen LogP contribution < -0.4 is 10.6 Å². The first-order valence-electron chi connectivity index (χ1n) is 6.81. The number of hydrogen-bond donors (Lipinski definition) is 1. The molecule has 0 saturated heterocycles. The average molecular weight is 284 g/mol. The number of amides is 1. The first-order valence-corrected chi connectivity index (χ1v) is 7.63. The molecule has 19 heavy (non-hydrogen) atoms. The molecule has 0 aliphatic rings. The van der Waals surface area contributed by atoms with Crippen molar-refractivity contribution in [1.82, 2.24) is 9.88 Å². The number of carbonyl (C=O) groups excluding carboxylic acids is 1. The fourth-order valence-electron chi connectivity index (χ4n) is 1.67. The SMILES string of the molecule is CCCCN(CC)C(=O)c1sc(N(C)CC)nc1N. The number of carbonyl (C=O) groups is 1. The fraction of sp³-hybridized carbons (Fsp3) is 0.692. The van der Waals surface area contributed by atoms with Gasteiger partial charge in [0.2, 0.25) is 0 Å². The Balaban J connectivity index is 2.88. The molecule has 0 spiro atoms. The van der Waals surface area contributed by atoms with Crippen LogP contribution >= 0.6 is 11.3 Å². The van der Waals surface area contributed by atoms with Gasteiger partial charge in [0.05, 0.1) is 0 Å². The van der Waals surface area contributed by atoms with Crippen molar-refractivity contribution in [2.24, 2.45) is 0 Å². The Morgan fingerprint density at radius 1 is 1.32 bits per heavy atom. The van der Waals surface area contributed by atoms with Gasteiger partial charge in [-0.25, -0.2) is 4.98 Å². The van der Waals surface area contributed by atoms with Gasteiger partial charge >= 0.3 is 0 Å². The third kappa shape index (κ3) is 3.83. The second-order valence-electron chi connectivity index (χ2n) is 4.46. The maximum Gasteiger partial charge on any atom is 0.267 e. The molecule has 2 N–H and O–H groups in total. The molecule has 0 radical (unpaired) electrons. The third-order valence-corrected chi connectivity index (χ3v) is 4.26. The predicted octanol–water partition coefficient (Wildman–Crippen LogP) is 2.44. The molecule has 0 aromatic carbocycles. The molecule has 1 amide bonds. The van der Waals surface area contributed by atoms with Gasteiger partial charge in [-0.1, -0.05) is 24.7 Å². The Bertz CT molecular complexity index is 419. The minimum atomic E-state index is 0.00158. The van der Waals surface area contributed by atoms with Crippen molar-refractivity contribution >= 4 is 28.2 Å². The van der Waals surface area contributed by atoms with Crippen molar-refractivity contribution in [1.29, 1.82) is 0 Å². The normalized spacial score (nSPS) is 10.5. The van der Waals surface area contributed by atoms with Gasteiger partial charge in [-0.05, 0) is 20.3 Å². The van der Waals surface area contributed by atoms with E-state index in [1.165, 1.54) is 11.3 Å². The molecular formula is C13H24N4OS. The van der Waals surface area contributed by atoms with Gasteiger partial charge in [-0.15, -0.1) is 0 Å². The van der Waals surface area contributed by atoms with E-state index in [-0.39, 0.29) is 5.91 Å². The highest BCUT2D eigenvalue weighted by molar-refractivity contribution is 7.18. The standard InChI is InChI=1S/C13H24N4OS/c1-5-8-9-17(7-3)12(18)10-11(14)15-13(19-10)16(4)6-2/h5-9,14H2,1-4H3. The summed E-state index contributed by atoms with van der Waals surface area (Å²) in [6.07, 6.45) is 2.09. The molecule has 0 aliphatic heterocycles. The number of unbranched alkanes of at least 4 members (excludes halogenated alkanes) is 1. The molecular weight excluding hydrogens is 260 g/mol. The largest absolute Gasteiger partial charge is 0.382 e. The molecule has 108 valence electrons. The Labute approximate surface area is 119 Å². The number of anilines is 2. The van der Waals surface area contributed by atoms with Gasteiger partial charge in [0, 0.05) is 26.7 Å². The highest BCUT2D eigenvalue weighted by atomic mass is 32.1. The van der Waals surface area contributed by atoms with Crippen molar-refractivity contribution in [3.05, 3.63) is 4.88 Å². The van der Waals surface area contributed by atoms with Gasteiger partial charge in [-0.2, -0.15) is 0 Å². The summed E-state index contributed by atoms with van der Waals surface area (Å²) >= 11 is 1.38. The maximum atomic E-state index is 12.4. The lowest BCUT2D eigenvalue weighted by atomic mass is 10.3. The quantitative estimate of drug-likeness (QED) is 0.835. The van der Waals surface area contributed by atoms with Gasteiger partial charge in [0.1, 0.15) is 10.7 Å². The van der Waals surface area contributed by atoms with Crippen LogP contribution in [0.25, 0.3) is 0 Å². The zero-order chi connectivity index (χ0) is 14.4. The topological polar surface area (TPSA) is 62.5 Å². The molecule has 0 unspecified atom stereocenters. The Kier molecular flexibility index (Phi) is 6.08. The molecule has 0 bridgehead atoms. The molecule has 1 aromatic heterocycles. The van der Waals surface area contributed by atoms with Crippen LogP contribution in [0.5, 0.6) is 0 Å². The monoisotopic (exact) mass is 284 g/mol. The first-order chi connectivity index (χ1) is 9.04. The summed E-state index contributed by atoms with van der Waals surface area (Å²) in [6, 6.07) is 0. The molecule has 1 aromatic rings. The van der Waals surface area contributed by atoms with E-state index in [1.54, 1.807) is 0 Å². The molecule has 1 heterocycles. The summed E-state index contributed by atoms with van der Waals surface area (Å²) in [5.41, 5.74) is 5.88. The van der Waals surface area contributed by atoms with Crippen molar-refractivity contribution in [2.45, 2.75) is 33.6 Å². The summed E-state index contributed by atoms with van der Waals surface area (Å²) < 4.78 is 0. The lowest BCUT2D eigenvalue weighted by Gasteiger charge is -2.19. The van der Waals surface area contributed by atoms with E-state index in [9.17, 15) is 4.79 Å². The van der Waals surface area contributed by atoms with Crippen LogP contribution in [0, 0.1) is 0 Å². The third-order valence-electron chi connectivity index (χ3n) is 3.09. The Morgan fingerprint density at radius 3 is 2.53 bits per heavy atom. The Hall–Kier alpha value is -1.30. The molecule has 0 saturated carbocycles. The number of thiazole rings is 1. The van der Waals surface area contributed by atoms with E-state index in [2.05, 4.69) is 11.9 Å². The van der Waals surface area contributed by atoms with E-state index in [0.29, 0.717) is 17.2 Å². The summed E-state index contributed by atoms with van der Waals surface area (Å²) in [4.78, 5) is 21.1. The van der Waals surface area contributed by atoms with Crippen molar-refractivity contribution in [2.75, 3.05) is 37.3 Å². The maximum absolute atomic E-state index is 12.4. The van der Waals surface area contributed by atoms with Gasteiger partial charge in [0.15, 0.2) is 5.13 Å². The average Bonchev–Trinajstić information content (AvgIpc) is 2.80. The van der Waals surface area contributed by atoms with Crippen LogP contribution in [0.2, 0.25) is 0 Å². The fourth-order valence-corrected chi connectivity index (χ4v) is 2.65. The number of nitrogen functional groups attached to an aromatic ring is 1. The van der Waals surface area contributed by atoms with Crippen LogP contribution in [-0.2, 0) is 0 Å². The molecule has 0 fully saturated rings. The first kappa shape index (κ1) is 15.8. The van der Waals surface area contributed by atoms with Crippen molar-refractivity contribution in [3.8, 4) is 0 Å². The highest BCUT2D eigenvalue weighted by Crippen LogP contribution is 2.28. The summed E-state index contributed by atoms with van der Waals surface area (Å²) in [6.45, 7) is 8.47. The van der Waals surface area contributed by atoms with Gasteiger partial charge in [0.25, 0.3) is 5.91 Å². The minimum Gasteiger partial charge on any atom is -0.382 e. The van der Waals surface area contributed by atoms with E-state index < -0.39 is 0 Å².